The van der Waals surface area contributed by atoms with Crippen LogP contribution in [0.5, 0.6) is 0 Å². The van der Waals surface area contributed by atoms with Crippen LogP contribution >= 0.6 is 0 Å². The Bertz CT molecular complexity index is 1190. The van der Waals surface area contributed by atoms with Crippen LogP contribution in [0.3, 0.4) is 0 Å². The number of aliphatic carboxylic acids is 1. The minimum Gasteiger partial charge on any atom is -0.481 e. The van der Waals surface area contributed by atoms with Crippen molar-refractivity contribution in [1.82, 2.24) is 0 Å². The van der Waals surface area contributed by atoms with Crippen LogP contribution in [0.2, 0.25) is 0 Å². The molecule has 0 radical (unpaired) electrons. The summed E-state index contributed by atoms with van der Waals surface area (Å²) >= 11 is 0. The van der Waals surface area contributed by atoms with Crippen molar-refractivity contribution >= 4 is 5.97 Å². The molecule has 0 fully saturated rings. The summed E-state index contributed by atoms with van der Waals surface area (Å²) in [4.78, 5) is 12.5. The van der Waals surface area contributed by atoms with Gasteiger partial charge in [-0.25, -0.2) is 0 Å². The molecule has 0 aliphatic heterocycles. The predicted molar refractivity (Wildman–Crippen MR) is 126 cm³/mol. The molecule has 3 rings (SSSR count). The summed E-state index contributed by atoms with van der Waals surface area (Å²) in [7, 11) is 0. The highest BCUT2D eigenvalue weighted by Crippen LogP contribution is 2.42. The van der Waals surface area contributed by atoms with Gasteiger partial charge in [0.1, 0.15) is 0 Å². The number of hydrogen-bond donors (Lipinski definition) is 1. The number of halogens is 6. The number of carboxylic acid groups (broad SMARTS) is 1. The lowest BCUT2D eigenvalue weighted by atomic mass is 9.72. The summed E-state index contributed by atoms with van der Waals surface area (Å²) in [5.74, 6) is -0.994. The molecule has 0 bridgehead atoms. The lowest BCUT2D eigenvalue weighted by molar-refractivity contribution is -0.144. The van der Waals surface area contributed by atoms with Crippen molar-refractivity contribution in [3.8, 4) is 22.3 Å². The zero-order valence-electron chi connectivity index (χ0n) is 19.8. The molecule has 0 aliphatic rings. The van der Waals surface area contributed by atoms with Crippen LogP contribution in [0.15, 0.2) is 66.7 Å². The third-order valence-electron chi connectivity index (χ3n) is 6.38. The fourth-order valence-electron chi connectivity index (χ4n) is 4.61. The van der Waals surface area contributed by atoms with Crippen molar-refractivity contribution in [1.29, 1.82) is 0 Å². The smallest absolute Gasteiger partial charge is 0.416 e. The molecule has 8 heteroatoms. The van der Waals surface area contributed by atoms with E-state index in [0.29, 0.717) is 53.5 Å². The Morgan fingerprint density at radius 3 is 1.39 bits per heavy atom. The SMILES string of the molecule is CCCC(CCC)(C(=O)O)c1ccc(-c2ccc(C(F)(F)F)cc2)c(-c2ccc(C(F)(F)F)cc2)c1. The van der Waals surface area contributed by atoms with Gasteiger partial charge in [0.25, 0.3) is 0 Å². The third kappa shape index (κ3) is 5.58. The quantitative estimate of drug-likeness (QED) is 0.308. The number of carboxylic acids is 1. The molecule has 0 spiro atoms. The Morgan fingerprint density at radius 1 is 0.639 bits per heavy atom. The highest BCUT2D eigenvalue weighted by Gasteiger charge is 2.39. The zero-order chi connectivity index (χ0) is 26.7. The van der Waals surface area contributed by atoms with E-state index in [1.807, 2.05) is 13.8 Å². The fraction of sp³-hybridized carbons (Fsp3) is 0.321. The van der Waals surface area contributed by atoms with E-state index in [0.717, 1.165) is 24.3 Å². The van der Waals surface area contributed by atoms with Crippen LogP contribution in [-0.4, -0.2) is 11.1 Å². The van der Waals surface area contributed by atoms with Crippen LogP contribution in [-0.2, 0) is 22.6 Å². The maximum Gasteiger partial charge on any atom is 0.416 e. The zero-order valence-corrected chi connectivity index (χ0v) is 19.8. The van der Waals surface area contributed by atoms with E-state index >= 15 is 0 Å². The topological polar surface area (TPSA) is 37.3 Å². The molecule has 0 saturated carbocycles. The fourth-order valence-corrected chi connectivity index (χ4v) is 4.61. The molecule has 0 aromatic heterocycles. The van der Waals surface area contributed by atoms with E-state index in [2.05, 4.69) is 0 Å². The van der Waals surface area contributed by atoms with Crippen molar-refractivity contribution in [2.75, 3.05) is 0 Å². The van der Waals surface area contributed by atoms with Gasteiger partial charge in [-0.3, -0.25) is 4.79 Å². The second-order valence-electron chi connectivity index (χ2n) is 8.80. The van der Waals surface area contributed by atoms with Gasteiger partial charge < -0.3 is 5.11 Å². The van der Waals surface area contributed by atoms with E-state index in [4.69, 9.17) is 0 Å². The standard InChI is InChI=1S/C28H26F6O2/c1-3-15-26(16-4-2,25(35)36)22-13-14-23(18-5-9-20(10-6-18)27(29,30)31)24(17-22)19-7-11-21(12-8-19)28(32,33)34/h5-14,17H,3-4,15-16H2,1-2H3,(H,35,36). The Kier molecular flexibility index (Phi) is 7.86. The van der Waals surface area contributed by atoms with Crippen molar-refractivity contribution in [2.45, 2.75) is 57.3 Å². The van der Waals surface area contributed by atoms with Gasteiger partial charge in [0.2, 0.25) is 0 Å². The summed E-state index contributed by atoms with van der Waals surface area (Å²) in [5, 5.41) is 10.2. The number of carbonyl (C=O) groups is 1. The Labute approximate surface area is 205 Å². The van der Waals surface area contributed by atoms with Crippen molar-refractivity contribution in [3.63, 3.8) is 0 Å². The maximum atomic E-state index is 13.1. The van der Waals surface area contributed by atoms with E-state index < -0.39 is 34.9 Å². The molecule has 2 nitrogen and oxygen atoms in total. The Morgan fingerprint density at radius 2 is 1.03 bits per heavy atom. The predicted octanol–water partition coefficient (Wildman–Crippen LogP) is 8.98. The van der Waals surface area contributed by atoms with Gasteiger partial charge in [-0.15, -0.1) is 0 Å². The molecule has 0 unspecified atom stereocenters. The van der Waals surface area contributed by atoms with Gasteiger partial charge >= 0.3 is 18.3 Å². The largest absolute Gasteiger partial charge is 0.481 e. The summed E-state index contributed by atoms with van der Waals surface area (Å²) in [5.41, 5.74) is -0.598. The van der Waals surface area contributed by atoms with Gasteiger partial charge in [-0.2, -0.15) is 26.3 Å². The van der Waals surface area contributed by atoms with E-state index in [9.17, 15) is 36.2 Å². The van der Waals surface area contributed by atoms with Crippen LogP contribution < -0.4 is 0 Å². The summed E-state index contributed by atoms with van der Waals surface area (Å²) in [6, 6.07) is 13.9. The average molecular weight is 509 g/mol. The summed E-state index contributed by atoms with van der Waals surface area (Å²) in [6.45, 7) is 3.75. The first kappa shape index (κ1) is 27.3. The average Bonchev–Trinajstić information content (AvgIpc) is 2.82. The first-order chi connectivity index (χ1) is 16.8. The lowest BCUT2D eigenvalue weighted by Crippen LogP contribution is -2.35. The van der Waals surface area contributed by atoms with E-state index in [1.165, 1.54) is 24.3 Å². The minimum absolute atomic E-state index is 0.363. The Hall–Kier alpha value is -3.29. The monoisotopic (exact) mass is 508 g/mol. The molecule has 0 aliphatic carbocycles. The molecule has 0 amide bonds. The molecular weight excluding hydrogens is 482 g/mol. The van der Waals surface area contributed by atoms with Gasteiger partial charge in [0.05, 0.1) is 16.5 Å². The molecule has 0 saturated heterocycles. The van der Waals surface area contributed by atoms with Gasteiger partial charge in [0.15, 0.2) is 0 Å². The summed E-state index contributed by atoms with van der Waals surface area (Å²) in [6.07, 6.45) is -7.12. The molecular formula is C28H26F6O2. The number of alkyl halides is 6. The first-order valence-corrected chi connectivity index (χ1v) is 11.6. The van der Waals surface area contributed by atoms with Crippen molar-refractivity contribution < 1.29 is 36.2 Å². The molecule has 0 atom stereocenters. The van der Waals surface area contributed by atoms with Crippen LogP contribution in [0.25, 0.3) is 22.3 Å². The molecule has 3 aromatic carbocycles. The third-order valence-corrected chi connectivity index (χ3v) is 6.38. The van der Waals surface area contributed by atoms with Crippen LogP contribution in [0.4, 0.5) is 26.3 Å². The van der Waals surface area contributed by atoms with Crippen LogP contribution in [0, 0.1) is 0 Å². The van der Waals surface area contributed by atoms with Crippen LogP contribution in [0.1, 0.15) is 56.2 Å². The molecule has 192 valence electrons. The number of benzene rings is 3. The second-order valence-corrected chi connectivity index (χ2v) is 8.80. The van der Waals surface area contributed by atoms with E-state index in [-0.39, 0.29) is 0 Å². The van der Waals surface area contributed by atoms with Gasteiger partial charge in [0, 0.05) is 0 Å². The maximum absolute atomic E-state index is 13.1. The van der Waals surface area contributed by atoms with E-state index in [1.54, 1.807) is 18.2 Å². The first-order valence-electron chi connectivity index (χ1n) is 11.6. The highest BCUT2D eigenvalue weighted by molar-refractivity contribution is 5.87. The van der Waals surface area contributed by atoms with Gasteiger partial charge in [-0.1, -0.05) is 63.1 Å². The van der Waals surface area contributed by atoms with Crippen molar-refractivity contribution in [2.24, 2.45) is 0 Å². The number of rotatable bonds is 8. The molecule has 1 N–H and O–H groups in total. The van der Waals surface area contributed by atoms with Crippen molar-refractivity contribution in [3.05, 3.63) is 83.4 Å². The Balaban J connectivity index is 2.24. The van der Waals surface area contributed by atoms with Gasteiger partial charge in [-0.05, 0) is 71.0 Å². The molecule has 36 heavy (non-hydrogen) atoms. The molecule has 3 aromatic rings. The second kappa shape index (κ2) is 10.4. The molecule has 0 heterocycles. The summed E-state index contributed by atoms with van der Waals surface area (Å²) < 4.78 is 78.5. The lowest BCUT2D eigenvalue weighted by Gasteiger charge is -2.30. The normalized spacial score (nSPS) is 12.6. The highest BCUT2D eigenvalue weighted by atomic mass is 19.4. The minimum atomic E-state index is -4.53. The number of hydrogen-bond acceptors (Lipinski definition) is 1.